The molecule has 0 heterocycles. The summed E-state index contributed by atoms with van der Waals surface area (Å²) in [6, 6.07) is 13.0. The van der Waals surface area contributed by atoms with Crippen molar-refractivity contribution in [1.82, 2.24) is 0 Å². The molecule has 0 saturated heterocycles. The fourth-order valence-corrected chi connectivity index (χ4v) is 1.69. The van der Waals surface area contributed by atoms with Crippen molar-refractivity contribution in [3.05, 3.63) is 83.4 Å². The number of ether oxygens (including phenoxy) is 1. The van der Waals surface area contributed by atoms with Gasteiger partial charge in [0.25, 0.3) is 0 Å². The van der Waals surface area contributed by atoms with E-state index in [1.54, 1.807) is 24.3 Å². The van der Waals surface area contributed by atoms with Gasteiger partial charge in [0.05, 0.1) is 0 Å². The summed E-state index contributed by atoms with van der Waals surface area (Å²) in [6.45, 7) is 3.92. The number of anilines is 2. The van der Waals surface area contributed by atoms with E-state index in [9.17, 15) is 22.0 Å². The molecular weight excluding hydrogens is 365 g/mol. The first-order chi connectivity index (χ1) is 12.7. The van der Waals surface area contributed by atoms with Crippen LogP contribution in [0.4, 0.5) is 33.3 Å². The second-order valence-electron chi connectivity index (χ2n) is 5.58. The topological polar surface area (TPSA) is 21.3 Å². The van der Waals surface area contributed by atoms with Gasteiger partial charge in [0.15, 0.2) is 0 Å². The van der Waals surface area contributed by atoms with Crippen molar-refractivity contribution in [2.45, 2.75) is 27.4 Å². The van der Waals surface area contributed by atoms with E-state index in [0.29, 0.717) is 5.56 Å². The van der Waals surface area contributed by atoms with Gasteiger partial charge in [-0.25, -0.2) is 8.78 Å². The number of hydrogen-bond acceptors (Lipinski definition) is 2. The Morgan fingerprint density at radius 1 is 0.778 bits per heavy atom. The van der Waals surface area contributed by atoms with Crippen LogP contribution in [0, 0.1) is 6.92 Å². The Balaban J connectivity index is 0.000000527. The normalized spacial score (nSPS) is 11.0. The molecule has 0 aliphatic carbocycles. The predicted octanol–water partition coefficient (Wildman–Crippen LogP) is 7.47. The van der Waals surface area contributed by atoms with Crippen molar-refractivity contribution in [2.75, 3.05) is 5.32 Å². The Labute approximate surface area is 155 Å². The maximum absolute atomic E-state index is 12.5. The van der Waals surface area contributed by atoms with Gasteiger partial charge in [-0.15, -0.1) is 0 Å². The highest BCUT2D eigenvalue weighted by atomic mass is 19.3. The zero-order chi connectivity index (χ0) is 20.4. The molecule has 0 aliphatic heterocycles. The Bertz CT molecular complexity index is 761. The van der Waals surface area contributed by atoms with Gasteiger partial charge in [0.1, 0.15) is 18.3 Å². The van der Waals surface area contributed by atoms with E-state index in [1.807, 2.05) is 31.2 Å². The molecule has 7 heteroatoms. The van der Waals surface area contributed by atoms with E-state index in [1.165, 1.54) is 5.56 Å². The highest BCUT2D eigenvalue weighted by molar-refractivity contribution is 5.59. The second kappa shape index (κ2) is 11.0. The number of rotatable bonds is 5. The van der Waals surface area contributed by atoms with Gasteiger partial charge in [0, 0.05) is 11.4 Å². The average molecular weight is 385 g/mol. The molecule has 0 bridgehead atoms. The molecule has 0 spiro atoms. The lowest BCUT2D eigenvalue weighted by Crippen LogP contribution is -1.93. The summed E-state index contributed by atoms with van der Waals surface area (Å²) in [5, 5.41) is 3.20. The monoisotopic (exact) mass is 385 g/mol. The van der Waals surface area contributed by atoms with Gasteiger partial charge in [-0.05, 0) is 50.6 Å². The Morgan fingerprint density at radius 2 is 1.22 bits per heavy atom. The van der Waals surface area contributed by atoms with E-state index >= 15 is 0 Å². The number of halogens is 5. The first-order valence-corrected chi connectivity index (χ1v) is 7.93. The van der Waals surface area contributed by atoms with E-state index in [4.69, 9.17) is 0 Å². The molecule has 0 amide bonds. The molecular formula is C20H20F5NO. The van der Waals surface area contributed by atoms with Crippen LogP contribution in [0.25, 0.3) is 0 Å². The van der Waals surface area contributed by atoms with Gasteiger partial charge in [-0.2, -0.15) is 13.2 Å². The second-order valence-corrected chi connectivity index (χ2v) is 5.58. The molecule has 2 aromatic rings. The summed E-state index contributed by atoms with van der Waals surface area (Å²) in [7, 11) is 0. The molecule has 1 N–H and O–H groups in total. The highest BCUT2D eigenvalue weighted by Crippen LogP contribution is 2.19. The van der Waals surface area contributed by atoms with Gasteiger partial charge in [-0.1, -0.05) is 29.8 Å². The summed E-state index contributed by atoms with van der Waals surface area (Å²) >= 11 is 0. The lowest BCUT2D eigenvalue weighted by molar-refractivity contribution is 0.108. The molecule has 2 nitrogen and oxygen atoms in total. The van der Waals surface area contributed by atoms with E-state index in [2.05, 4.69) is 10.1 Å². The molecule has 0 atom stereocenters. The zero-order valence-corrected chi connectivity index (χ0v) is 15.1. The fourth-order valence-electron chi connectivity index (χ4n) is 1.69. The van der Waals surface area contributed by atoms with Gasteiger partial charge in [-0.3, -0.25) is 0 Å². The van der Waals surface area contributed by atoms with Gasteiger partial charge in [0.2, 0.25) is 0 Å². The Kier molecular flexibility index (Phi) is 9.05. The maximum Gasteiger partial charge on any atom is 0.342 e. The van der Waals surface area contributed by atoms with Crippen LogP contribution in [0.3, 0.4) is 0 Å². The van der Waals surface area contributed by atoms with E-state index in [-0.39, 0.29) is 6.61 Å². The fraction of sp³-hybridized carbons (Fsp3) is 0.200. The largest absolute Gasteiger partial charge is 0.462 e. The zero-order valence-electron chi connectivity index (χ0n) is 15.1. The summed E-state index contributed by atoms with van der Waals surface area (Å²) in [6.07, 6.45) is -2.45. The van der Waals surface area contributed by atoms with Crippen molar-refractivity contribution >= 4 is 11.4 Å². The van der Waals surface area contributed by atoms with Crippen LogP contribution in [-0.2, 0) is 11.3 Å². The smallest absolute Gasteiger partial charge is 0.342 e. The van der Waals surface area contributed by atoms with Crippen LogP contribution in [-0.4, -0.2) is 0 Å². The molecule has 27 heavy (non-hydrogen) atoms. The minimum absolute atomic E-state index is 0.242. The molecule has 0 saturated carbocycles. The van der Waals surface area contributed by atoms with Crippen LogP contribution in [0.2, 0.25) is 0 Å². The minimum Gasteiger partial charge on any atom is -0.462 e. The number of nitrogens with one attached hydrogen (secondary N) is 1. The molecule has 0 aromatic heterocycles. The molecule has 2 aromatic carbocycles. The molecule has 0 radical (unpaired) electrons. The molecule has 0 aliphatic rings. The SMILES string of the molecule is C/C(F)=C(\C)F.Cc1ccc(Nc2ccc(COC(F)=C(F)F)cc2)cc1. The third-order valence-electron chi connectivity index (χ3n) is 3.28. The number of aryl methyl sites for hydroxylation is 1. The minimum atomic E-state index is -2.45. The van der Waals surface area contributed by atoms with Crippen molar-refractivity contribution in [2.24, 2.45) is 0 Å². The Morgan fingerprint density at radius 3 is 1.63 bits per heavy atom. The molecule has 2 rings (SSSR count). The first-order valence-electron chi connectivity index (χ1n) is 7.93. The number of allylic oxidation sites excluding steroid dienone is 2. The van der Waals surface area contributed by atoms with Crippen molar-refractivity contribution in [3.63, 3.8) is 0 Å². The van der Waals surface area contributed by atoms with Crippen molar-refractivity contribution in [3.8, 4) is 0 Å². The number of hydrogen-bond donors (Lipinski definition) is 1. The first kappa shape index (κ1) is 22.2. The average Bonchev–Trinajstić information content (AvgIpc) is 2.63. The number of benzene rings is 2. The maximum atomic E-state index is 12.5. The molecule has 0 unspecified atom stereocenters. The third kappa shape index (κ3) is 8.89. The third-order valence-corrected chi connectivity index (χ3v) is 3.28. The van der Waals surface area contributed by atoms with Crippen molar-refractivity contribution in [1.29, 1.82) is 0 Å². The van der Waals surface area contributed by atoms with Crippen LogP contribution < -0.4 is 5.32 Å². The summed E-state index contributed by atoms with van der Waals surface area (Å²) in [4.78, 5) is 0. The highest BCUT2D eigenvalue weighted by Gasteiger charge is 2.06. The summed E-state index contributed by atoms with van der Waals surface area (Å²) in [5.74, 6) is -1.48. The van der Waals surface area contributed by atoms with Crippen LogP contribution in [0.1, 0.15) is 25.0 Å². The van der Waals surface area contributed by atoms with Crippen LogP contribution >= 0.6 is 0 Å². The van der Waals surface area contributed by atoms with Gasteiger partial charge >= 0.3 is 12.1 Å². The van der Waals surface area contributed by atoms with Gasteiger partial charge < -0.3 is 10.1 Å². The van der Waals surface area contributed by atoms with Crippen LogP contribution in [0.15, 0.2) is 72.3 Å². The van der Waals surface area contributed by atoms with E-state index < -0.39 is 23.7 Å². The van der Waals surface area contributed by atoms with Crippen molar-refractivity contribution < 1.29 is 26.7 Å². The summed E-state index contributed by atoms with van der Waals surface area (Å²) < 4.78 is 63.1. The standard InChI is InChI=1S/C16H14F3NO.C4H6F2/c1-11-2-6-13(7-3-11)20-14-8-4-12(5-9-14)10-21-16(19)15(17)18;1-3(5)4(2)6/h2-9,20H,10H2,1H3;1-2H3/b;4-3-. The Hall–Kier alpha value is -2.83. The van der Waals surface area contributed by atoms with E-state index in [0.717, 1.165) is 25.2 Å². The lowest BCUT2D eigenvalue weighted by Gasteiger charge is -2.08. The quantitative estimate of drug-likeness (QED) is 0.426. The predicted molar refractivity (Wildman–Crippen MR) is 96.6 cm³/mol. The lowest BCUT2D eigenvalue weighted by atomic mass is 10.2. The summed E-state index contributed by atoms with van der Waals surface area (Å²) in [5.41, 5.74) is 3.55. The van der Waals surface area contributed by atoms with Crippen LogP contribution in [0.5, 0.6) is 0 Å². The molecule has 146 valence electrons. The molecule has 0 fully saturated rings.